The minimum Gasteiger partial charge on any atom is -0.444 e. The number of amides is 2. The minimum absolute atomic E-state index is 0.0618. The number of ether oxygens (including phenoxy) is 1. The molecule has 156 valence electrons. The molecule has 0 saturated heterocycles. The van der Waals surface area contributed by atoms with Crippen LogP contribution < -0.4 is 10.6 Å². The Bertz CT molecular complexity index is 689. The fraction of sp³-hybridized carbons (Fsp3) is 0.591. The van der Waals surface area contributed by atoms with E-state index in [4.69, 9.17) is 4.74 Å². The first-order valence-electron chi connectivity index (χ1n) is 9.70. The zero-order chi connectivity index (χ0) is 21.5. The molecule has 6 heteroatoms. The van der Waals surface area contributed by atoms with E-state index in [0.717, 1.165) is 5.56 Å². The molecule has 1 rings (SSSR count). The molecule has 28 heavy (non-hydrogen) atoms. The highest BCUT2D eigenvalue weighted by Crippen LogP contribution is 2.17. The first-order chi connectivity index (χ1) is 12.8. The number of nitrogens with one attached hydrogen (secondary N) is 2. The highest BCUT2D eigenvalue weighted by Gasteiger charge is 2.31. The number of carbonyl (C=O) groups excluding carboxylic acids is 3. The lowest BCUT2D eigenvalue weighted by Crippen LogP contribution is -2.57. The summed E-state index contributed by atoms with van der Waals surface area (Å²) in [7, 11) is 0. The van der Waals surface area contributed by atoms with Crippen molar-refractivity contribution in [3.8, 4) is 0 Å². The number of Topliss-reactive ketones (excluding diaryl/α,β-unsaturated/α-hetero) is 1. The van der Waals surface area contributed by atoms with E-state index in [9.17, 15) is 14.4 Å². The molecule has 0 saturated carbocycles. The van der Waals surface area contributed by atoms with Crippen molar-refractivity contribution in [3.63, 3.8) is 0 Å². The van der Waals surface area contributed by atoms with Crippen molar-refractivity contribution in [2.24, 2.45) is 5.92 Å². The number of hydrogen-bond donors (Lipinski definition) is 2. The smallest absolute Gasteiger partial charge is 0.407 e. The van der Waals surface area contributed by atoms with Crippen molar-refractivity contribution in [3.05, 3.63) is 35.4 Å². The van der Waals surface area contributed by atoms with E-state index >= 15 is 0 Å². The quantitative estimate of drug-likeness (QED) is 0.657. The largest absolute Gasteiger partial charge is 0.444 e. The highest BCUT2D eigenvalue weighted by molar-refractivity contribution is 5.98. The Morgan fingerprint density at radius 2 is 1.57 bits per heavy atom. The van der Waals surface area contributed by atoms with Crippen LogP contribution in [0.4, 0.5) is 4.79 Å². The predicted octanol–water partition coefficient (Wildman–Crippen LogP) is 4.01. The molecule has 2 amide bonds. The van der Waals surface area contributed by atoms with Gasteiger partial charge in [0.1, 0.15) is 5.60 Å². The van der Waals surface area contributed by atoms with Gasteiger partial charge in [0.2, 0.25) is 5.91 Å². The first kappa shape index (κ1) is 23.7. The number of ketones is 1. The van der Waals surface area contributed by atoms with Crippen molar-refractivity contribution in [2.45, 2.75) is 72.4 Å². The summed E-state index contributed by atoms with van der Waals surface area (Å²) in [5.74, 6) is -0.213. The maximum atomic E-state index is 12.4. The Balaban J connectivity index is 2.59. The zero-order valence-electron chi connectivity index (χ0n) is 18.1. The molecule has 6 nitrogen and oxygen atoms in total. The van der Waals surface area contributed by atoms with Crippen LogP contribution in [0.2, 0.25) is 0 Å². The van der Waals surface area contributed by atoms with Crippen LogP contribution in [-0.4, -0.2) is 35.5 Å². The van der Waals surface area contributed by atoms with Gasteiger partial charge in [-0.1, -0.05) is 43.7 Å². The Morgan fingerprint density at radius 1 is 1.00 bits per heavy atom. The molecule has 0 bridgehead atoms. The lowest BCUT2D eigenvalue weighted by atomic mass is 9.88. The van der Waals surface area contributed by atoms with Gasteiger partial charge in [0, 0.05) is 24.9 Å². The van der Waals surface area contributed by atoms with Gasteiger partial charge in [-0.2, -0.15) is 0 Å². The topological polar surface area (TPSA) is 84.5 Å². The fourth-order valence-corrected chi connectivity index (χ4v) is 2.45. The highest BCUT2D eigenvalue weighted by atomic mass is 16.6. The molecule has 1 aromatic rings. The van der Waals surface area contributed by atoms with E-state index in [2.05, 4.69) is 10.6 Å². The van der Waals surface area contributed by atoms with Gasteiger partial charge in [0.25, 0.3) is 0 Å². The average molecular weight is 391 g/mol. The molecular formula is C22H34N2O4. The summed E-state index contributed by atoms with van der Waals surface area (Å²) < 4.78 is 5.25. The SMILES string of the molecule is Cc1ccc(C(=O)CCC(=O)NC(C)(CNC(=O)OC(C)(C)C)C(C)C)cc1. The monoisotopic (exact) mass is 390 g/mol. The molecule has 2 N–H and O–H groups in total. The molecule has 0 aromatic heterocycles. The molecule has 0 spiro atoms. The van der Waals surface area contributed by atoms with Crippen LogP contribution in [0.3, 0.4) is 0 Å². The number of alkyl carbamates (subject to hydrolysis) is 1. The Hall–Kier alpha value is -2.37. The van der Waals surface area contributed by atoms with Gasteiger partial charge in [-0.25, -0.2) is 4.79 Å². The van der Waals surface area contributed by atoms with Crippen molar-refractivity contribution < 1.29 is 19.1 Å². The standard InChI is InChI=1S/C22H34N2O4/c1-15(2)22(7,14-23-20(27)28-21(4,5)6)24-19(26)13-12-18(25)17-10-8-16(3)9-11-17/h8-11,15H,12-14H2,1-7H3,(H,23,27)(H,24,26). The summed E-state index contributed by atoms with van der Waals surface area (Å²) in [5, 5.41) is 5.69. The Morgan fingerprint density at radius 3 is 2.07 bits per heavy atom. The predicted molar refractivity (Wildman–Crippen MR) is 110 cm³/mol. The van der Waals surface area contributed by atoms with E-state index in [1.165, 1.54) is 0 Å². The molecule has 0 radical (unpaired) electrons. The van der Waals surface area contributed by atoms with E-state index < -0.39 is 17.2 Å². The van der Waals surface area contributed by atoms with Crippen LogP contribution in [0.5, 0.6) is 0 Å². The van der Waals surface area contributed by atoms with E-state index in [1.54, 1.807) is 32.9 Å². The zero-order valence-corrected chi connectivity index (χ0v) is 18.1. The van der Waals surface area contributed by atoms with Crippen molar-refractivity contribution >= 4 is 17.8 Å². The number of carbonyl (C=O) groups is 3. The summed E-state index contributed by atoms with van der Waals surface area (Å²) in [6.45, 7) is 13.4. The normalized spacial score (nSPS) is 13.6. The molecule has 1 unspecified atom stereocenters. The Labute approximate surface area is 168 Å². The molecule has 0 heterocycles. The molecule has 0 aliphatic carbocycles. The van der Waals surface area contributed by atoms with Crippen LogP contribution in [-0.2, 0) is 9.53 Å². The maximum absolute atomic E-state index is 12.4. The second-order valence-electron chi connectivity index (χ2n) is 8.76. The number of benzene rings is 1. The third-order valence-electron chi connectivity index (χ3n) is 4.65. The van der Waals surface area contributed by atoms with Crippen LogP contribution in [0.15, 0.2) is 24.3 Å². The third-order valence-corrected chi connectivity index (χ3v) is 4.65. The molecule has 0 fully saturated rings. The number of rotatable bonds is 8. The van der Waals surface area contributed by atoms with Crippen LogP contribution in [0.25, 0.3) is 0 Å². The summed E-state index contributed by atoms with van der Waals surface area (Å²) in [4.78, 5) is 36.6. The number of hydrogen-bond acceptors (Lipinski definition) is 4. The third kappa shape index (κ3) is 8.11. The van der Waals surface area contributed by atoms with Crippen molar-refractivity contribution in [1.29, 1.82) is 0 Å². The minimum atomic E-state index is -0.652. The van der Waals surface area contributed by atoms with Crippen LogP contribution in [0.1, 0.15) is 70.3 Å². The maximum Gasteiger partial charge on any atom is 0.407 e. The van der Waals surface area contributed by atoms with Crippen LogP contribution in [0, 0.1) is 12.8 Å². The second kappa shape index (κ2) is 9.71. The first-order valence-corrected chi connectivity index (χ1v) is 9.70. The van der Waals surface area contributed by atoms with E-state index in [-0.39, 0.29) is 37.0 Å². The summed E-state index contributed by atoms with van der Waals surface area (Å²) >= 11 is 0. The summed E-state index contributed by atoms with van der Waals surface area (Å²) in [6, 6.07) is 7.31. The van der Waals surface area contributed by atoms with Gasteiger partial charge in [-0.15, -0.1) is 0 Å². The van der Waals surface area contributed by atoms with Gasteiger partial charge in [0.05, 0.1) is 5.54 Å². The molecular weight excluding hydrogens is 356 g/mol. The summed E-state index contributed by atoms with van der Waals surface area (Å²) in [5.41, 5.74) is 0.454. The van der Waals surface area contributed by atoms with Gasteiger partial charge in [-0.3, -0.25) is 9.59 Å². The molecule has 0 aliphatic rings. The van der Waals surface area contributed by atoms with Gasteiger partial charge < -0.3 is 15.4 Å². The van der Waals surface area contributed by atoms with Crippen LogP contribution >= 0.6 is 0 Å². The average Bonchev–Trinajstić information content (AvgIpc) is 2.57. The molecule has 1 aromatic carbocycles. The molecule has 0 aliphatic heterocycles. The lowest BCUT2D eigenvalue weighted by Gasteiger charge is -2.35. The van der Waals surface area contributed by atoms with Gasteiger partial charge in [-0.05, 0) is 40.5 Å². The Kier molecular flexibility index (Phi) is 8.21. The van der Waals surface area contributed by atoms with Crippen molar-refractivity contribution in [1.82, 2.24) is 10.6 Å². The van der Waals surface area contributed by atoms with Gasteiger partial charge >= 0.3 is 6.09 Å². The molecule has 1 atom stereocenters. The number of aryl methyl sites for hydroxylation is 1. The van der Waals surface area contributed by atoms with Crippen molar-refractivity contribution in [2.75, 3.05) is 6.54 Å². The van der Waals surface area contributed by atoms with E-state index in [1.807, 2.05) is 39.8 Å². The van der Waals surface area contributed by atoms with Gasteiger partial charge in [0.15, 0.2) is 5.78 Å². The summed E-state index contributed by atoms with van der Waals surface area (Å²) in [6.07, 6.45) is -0.285. The lowest BCUT2D eigenvalue weighted by molar-refractivity contribution is -0.123. The fourth-order valence-electron chi connectivity index (χ4n) is 2.45. The van der Waals surface area contributed by atoms with E-state index in [0.29, 0.717) is 5.56 Å². The second-order valence-corrected chi connectivity index (χ2v) is 8.76.